The van der Waals surface area contributed by atoms with Gasteiger partial charge in [-0.2, -0.15) is 5.10 Å². The minimum atomic E-state index is -0.871. The van der Waals surface area contributed by atoms with E-state index >= 15 is 0 Å². The summed E-state index contributed by atoms with van der Waals surface area (Å²) in [5, 5.41) is 12.9. The molecule has 0 saturated carbocycles. The molecule has 6 heteroatoms. The van der Waals surface area contributed by atoms with E-state index in [-0.39, 0.29) is 12.6 Å². The summed E-state index contributed by atoms with van der Waals surface area (Å²) in [6.07, 6.45) is 3.64. The van der Waals surface area contributed by atoms with Crippen LogP contribution >= 0.6 is 0 Å². The molecular weight excluding hydrogens is 196 g/mol. The maximum atomic E-state index is 10.5. The number of nitrogens with zero attached hydrogens (tertiary/aromatic N) is 4. The van der Waals surface area contributed by atoms with Gasteiger partial charge in [0, 0.05) is 18.3 Å². The van der Waals surface area contributed by atoms with E-state index in [1.807, 2.05) is 6.34 Å². The van der Waals surface area contributed by atoms with E-state index in [4.69, 9.17) is 5.11 Å². The molecular formula is C9H10N4O2. The molecule has 3 rings (SSSR count). The Morgan fingerprint density at radius 2 is 2.53 bits per heavy atom. The van der Waals surface area contributed by atoms with Gasteiger partial charge in [-0.05, 0) is 0 Å². The number of aliphatic carboxylic acids is 1. The fourth-order valence-corrected chi connectivity index (χ4v) is 2.07. The van der Waals surface area contributed by atoms with E-state index in [2.05, 4.69) is 15.0 Å². The standard InChI is InChI=1S/C9H10N4O2/c14-9(15)4-13-1-6-7-2-12(5-10-7)3-8(6)11-13/h1,5,7H,2-4H2,(H,14,15). The lowest BCUT2D eigenvalue weighted by Crippen LogP contribution is -2.25. The van der Waals surface area contributed by atoms with E-state index < -0.39 is 5.97 Å². The molecule has 1 atom stereocenters. The zero-order chi connectivity index (χ0) is 10.4. The van der Waals surface area contributed by atoms with Crippen LogP contribution < -0.4 is 0 Å². The second-order valence-electron chi connectivity index (χ2n) is 3.83. The number of aromatic nitrogens is 2. The summed E-state index contributed by atoms with van der Waals surface area (Å²) in [4.78, 5) is 17.0. The Morgan fingerprint density at radius 3 is 3.33 bits per heavy atom. The SMILES string of the molecule is O=C(O)Cn1cc2c(n1)CN1C=NC2C1. The van der Waals surface area contributed by atoms with Crippen molar-refractivity contribution < 1.29 is 9.90 Å². The Kier molecular flexibility index (Phi) is 1.59. The van der Waals surface area contributed by atoms with Crippen LogP contribution in [0.25, 0.3) is 0 Å². The quantitative estimate of drug-likeness (QED) is 0.731. The van der Waals surface area contributed by atoms with Crippen LogP contribution in [0.5, 0.6) is 0 Å². The fourth-order valence-electron chi connectivity index (χ4n) is 2.07. The van der Waals surface area contributed by atoms with Gasteiger partial charge in [0.2, 0.25) is 0 Å². The predicted molar refractivity (Wildman–Crippen MR) is 51.5 cm³/mol. The molecule has 0 aliphatic carbocycles. The molecule has 0 amide bonds. The van der Waals surface area contributed by atoms with Crippen LogP contribution in [0.3, 0.4) is 0 Å². The van der Waals surface area contributed by atoms with Gasteiger partial charge in [-0.25, -0.2) is 0 Å². The molecule has 1 aromatic rings. The maximum absolute atomic E-state index is 10.5. The lowest BCUT2D eigenvalue weighted by molar-refractivity contribution is -0.137. The van der Waals surface area contributed by atoms with Gasteiger partial charge in [0.05, 0.1) is 24.6 Å². The van der Waals surface area contributed by atoms with Gasteiger partial charge in [0.15, 0.2) is 0 Å². The van der Waals surface area contributed by atoms with E-state index in [0.29, 0.717) is 0 Å². The highest BCUT2D eigenvalue weighted by molar-refractivity contribution is 5.66. The van der Waals surface area contributed by atoms with Crippen molar-refractivity contribution in [3.63, 3.8) is 0 Å². The van der Waals surface area contributed by atoms with Crippen LogP contribution in [0.1, 0.15) is 17.3 Å². The van der Waals surface area contributed by atoms with Crippen molar-refractivity contribution in [1.82, 2.24) is 14.7 Å². The van der Waals surface area contributed by atoms with Crippen molar-refractivity contribution in [1.29, 1.82) is 0 Å². The smallest absolute Gasteiger partial charge is 0.325 e. The number of hydrogen-bond donors (Lipinski definition) is 1. The number of hydrogen-bond acceptors (Lipinski definition) is 4. The maximum Gasteiger partial charge on any atom is 0.325 e. The summed E-state index contributed by atoms with van der Waals surface area (Å²) in [6, 6.07) is 0.149. The van der Waals surface area contributed by atoms with Gasteiger partial charge in [0.25, 0.3) is 0 Å². The van der Waals surface area contributed by atoms with Crippen molar-refractivity contribution in [2.45, 2.75) is 19.1 Å². The Hall–Kier alpha value is -1.85. The average molecular weight is 206 g/mol. The Morgan fingerprint density at radius 1 is 1.67 bits per heavy atom. The van der Waals surface area contributed by atoms with Crippen LogP contribution in [0.2, 0.25) is 0 Å². The van der Waals surface area contributed by atoms with E-state index in [1.54, 1.807) is 6.20 Å². The molecule has 2 aliphatic rings. The van der Waals surface area contributed by atoms with Gasteiger partial charge in [0.1, 0.15) is 6.54 Å². The topological polar surface area (TPSA) is 70.7 Å². The van der Waals surface area contributed by atoms with E-state index in [1.165, 1.54) is 4.68 Å². The van der Waals surface area contributed by atoms with Crippen molar-refractivity contribution >= 4 is 12.3 Å². The number of carboxylic acid groups (broad SMARTS) is 1. The molecule has 6 nitrogen and oxygen atoms in total. The van der Waals surface area contributed by atoms with Gasteiger partial charge < -0.3 is 10.0 Å². The van der Waals surface area contributed by atoms with Crippen molar-refractivity contribution in [2.24, 2.45) is 4.99 Å². The summed E-state index contributed by atoms with van der Waals surface area (Å²) >= 11 is 0. The highest BCUT2D eigenvalue weighted by atomic mass is 16.4. The molecule has 1 N–H and O–H groups in total. The highest BCUT2D eigenvalue weighted by Crippen LogP contribution is 2.31. The predicted octanol–water partition coefficient (Wildman–Crippen LogP) is -0.134. The summed E-state index contributed by atoms with van der Waals surface area (Å²) in [5.74, 6) is -0.871. The van der Waals surface area contributed by atoms with E-state index in [0.717, 1.165) is 24.3 Å². The molecule has 2 aliphatic heterocycles. The average Bonchev–Trinajstić information content (AvgIpc) is 2.71. The first-order valence-corrected chi connectivity index (χ1v) is 4.78. The lowest BCUT2D eigenvalue weighted by atomic mass is 10.1. The Balaban J connectivity index is 1.95. The minimum Gasteiger partial charge on any atom is -0.480 e. The summed E-state index contributed by atoms with van der Waals surface area (Å²) in [5.41, 5.74) is 2.02. The van der Waals surface area contributed by atoms with E-state index in [9.17, 15) is 4.79 Å². The summed E-state index contributed by atoms with van der Waals surface area (Å²) < 4.78 is 1.48. The number of fused-ring (bicyclic) bond motifs is 4. The molecule has 3 heterocycles. The largest absolute Gasteiger partial charge is 0.480 e. The Bertz CT molecular complexity index is 451. The third kappa shape index (κ3) is 1.29. The second-order valence-corrected chi connectivity index (χ2v) is 3.83. The number of rotatable bonds is 2. The van der Waals surface area contributed by atoms with Crippen molar-refractivity contribution in [3.8, 4) is 0 Å². The number of aliphatic imine (C=N–C) groups is 1. The third-order valence-corrected chi connectivity index (χ3v) is 2.70. The van der Waals surface area contributed by atoms with Gasteiger partial charge in [-0.1, -0.05) is 0 Å². The number of carboxylic acids is 1. The summed E-state index contributed by atoms with van der Waals surface area (Å²) in [6.45, 7) is 1.55. The highest BCUT2D eigenvalue weighted by Gasteiger charge is 2.30. The third-order valence-electron chi connectivity index (χ3n) is 2.70. The first-order chi connectivity index (χ1) is 7.22. The van der Waals surface area contributed by atoms with Crippen LogP contribution in [-0.2, 0) is 17.9 Å². The molecule has 0 aromatic carbocycles. The van der Waals surface area contributed by atoms with Gasteiger partial charge >= 0.3 is 5.97 Å². The first-order valence-electron chi connectivity index (χ1n) is 4.78. The first kappa shape index (κ1) is 8.46. The lowest BCUT2D eigenvalue weighted by Gasteiger charge is -2.20. The zero-order valence-electron chi connectivity index (χ0n) is 8.00. The molecule has 2 bridgehead atoms. The fraction of sp³-hybridized carbons (Fsp3) is 0.444. The summed E-state index contributed by atoms with van der Waals surface area (Å²) in [7, 11) is 0. The Labute approximate surface area is 85.8 Å². The molecule has 1 unspecified atom stereocenters. The van der Waals surface area contributed by atoms with Crippen LogP contribution in [0.4, 0.5) is 0 Å². The monoisotopic (exact) mass is 206 g/mol. The minimum absolute atomic E-state index is 0.0799. The van der Waals surface area contributed by atoms with Crippen LogP contribution in [-0.4, -0.2) is 38.6 Å². The molecule has 0 fully saturated rings. The molecule has 0 spiro atoms. The van der Waals surface area contributed by atoms with Crippen molar-refractivity contribution in [2.75, 3.05) is 6.54 Å². The molecule has 78 valence electrons. The number of carbonyl (C=O) groups is 1. The van der Waals surface area contributed by atoms with Crippen molar-refractivity contribution in [3.05, 3.63) is 17.5 Å². The van der Waals surface area contributed by atoms with Crippen LogP contribution in [0, 0.1) is 0 Å². The molecule has 0 radical (unpaired) electrons. The van der Waals surface area contributed by atoms with Gasteiger partial charge in [-0.3, -0.25) is 14.5 Å². The zero-order valence-corrected chi connectivity index (χ0v) is 8.00. The molecule has 15 heavy (non-hydrogen) atoms. The normalized spacial score (nSPS) is 21.9. The molecule has 0 saturated heterocycles. The second kappa shape index (κ2) is 2.82. The van der Waals surface area contributed by atoms with Gasteiger partial charge in [-0.15, -0.1) is 0 Å². The molecule has 1 aromatic heterocycles. The van der Waals surface area contributed by atoms with Crippen LogP contribution in [0.15, 0.2) is 11.2 Å².